The molecule has 10 rings (SSSR count). The van der Waals surface area contributed by atoms with Gasteiger partial charge in [-0.25, -0.2) is 4.99 Å². The summed E-state index contributed by atoms with van der Waals surface area (Å²) in [7, 11) is 0. The van der Waals surface area contributed by atoms with Crippen LogP contribution in [0, 0.1) is 5.41 Å². The third-order valence-electron chi connectivity index (χ3n) is 10.5. The van der Waals surface area contributed by atoms with E-state index in [1.54, 1.807) is 11.3 Å². The highest BCUT2D eigenvalue weighted by Gasteiger charge is 2.15. The van der Waals surface area contributed by atoms with Crippen LogP contribution in [0.1, 0.15) is 16.7 Å². The van der Waals surface area contributed by atoms with Gasteiger partial charge in [-0.15, -0.1) is 11.3 Å². The van der Waals surface area contributed by atoms with Gasteiger partial charge in [-0.2, -0.15) is 0 Å². The summed E-state index contributed by atoms with van der Waals surface area (Å²) in [5.41, 5.74) is 7.16. The van der Waals surface area contributed by atoms with E-state index in [0.29, 0.717) is 0 Å². The lowest BCUT2D eigenvalue weighted by Gasteiger charge is -2.15. The van der Waals surface area contributed by atoms with Crippen LogP contribution < -0.4 is 0 Å². The maximum Gasteiger partial charge on any atom is 0.152 e. The lowest BCUT2D eigenvalue weighted by molar-refractivity contribution is 1.41. The summed E-state index contributed by atoms with van der Waals surface area (Å²) < 4.78 is 1.25. The molecule has 0 radical (unpaired) electrons. The van der Waals surface area contributed by atoms with Crippen LogP contribution in [-0.2, 0) is 0 Å². The van der Waals surface area contributed by atoms with Crippen molar-refractivity contribution in [3.8, 4) is 21.6 Å². The van der Waals surface area contributed by atoms with Crippen LogP contribution in [-0.4, -0.2) is 11.5 Å². The molecule has 1 aromatic heterocycles. The van der Waals surface area contributed by atoms with Crippen LogP contribution in [0.4, 0.5) is 0 Å². The van der Waals surface area contributed by atoms with Gasteiger partial charge in [0.2, 0.25) is 0 Å². The van der Waals surface area contributed by atoms with Crippen LogP contribution in [0.25, 0.3) is 80.8 Å². The predicted molar refractivity (Wildman–Crippen MR) is 238 cm³/mol. The van der Waals surface area contributed by atoms with Gasteiger partial charge in [-0.3, -0.25) is 5.41 Å². The Labute approximate surface area is 323 Å². The van der Waals surface area contributed by atoms with Gasteiger partial charge >= 0.3 is 0 Å². The number of fused-ring (bicyclic) bond motifs is 6. The van der Waals surface area contributed by atoms with E-state index in [1.807, 2.05) is 30.3 Å². The van der Waals surface area contributed by atoms with Gasteiger partial charge in [0.1, 0.15) is 0 Å². The minimum absolute atomic E-state index is 0.228. The number of nitrogens with one attached hydrogen (secondary N) is 1. The molecule has 1 heterocycles. The second kappa shape index (κ2) is 13.8. The number of hydrogen-bond acceptors (Lipinski definition) is 2. The Bertz CT molecular complexity index is 3130. The first-order valence-electron chi connectivity index (χ1n) is 18.5. The van der Waals surface area contributed by atoms with Crippen LogP contribution in [0.3, 0.4) is 0 Å². The van der Waals surface area contributed by atoms with E-state index in [2.05, 4.69) is 170 Å². The van der Waals surface area contributed by atoms with E-state index >= 15 is 0 Å². The minimum Gasteiger partial charge on any atom is -0.282 e. The second-order valence-corrected chi connectivity index (χ2v) is 15.0. The zero-order chi connectivity index (χ0) is 36.7. The Morgan fingerprint density at radius 3 is 2.05 bits per heavy atom. The molecule has 0 spiro atoms. The molecular weight excluding hydrogens is 685 g/mol. The molecule has 3 heteroatoms. The molecule has 1 N–H and O–H groups in total. The van der Waals surface area contributed by atoms with Crippen LogP contribution >= 0.6 is 11.3 Å². The number of thiophene rings is 1. The van der Waals surface area contributed by atoms with Crippen LogP contribution in [0.5, 0.6) is 0 Å². The number of allylic oxidation sites excluding steroid dienone is 1. The molecule has 0 saturated heterocycles. The summed E-state index contributed by atoms with van der Waals surface area (Å²) in [6.45, 7) is 0. The highest BCUT2D eigenvalue weighted by Crippen LogP contribution is 2.40. The van der Waals surface area contributed by atoms with Crippen molar-refractivity contribution in [2.24, 2.45) is 4.99 Å². The van der Waals surface area contributed by atoms with Gasteiger partial charge in [0.05, 0.1) is 5.71 Å². The Kier molecular flexibility index (Phi) is 8.20. The molecule has 0 fully saturated rings. The minimum atomic E-state index is 0.228. The van der Waals surface area contributed by atoms with E-state index in [-0.39, 0.29) is 5.84 Å². The molecule has 0 atom stereocenters. The van der Waals surface area contributed by atoms with Crippen molar-refractivity contribution in [2.75, 3.05) is 0 Å². The highest BCUT2D eigenvalue weighted by atomic mass is 32.1. The molecule has 0 saturated carbocycles. The van der Waals surface area contributed by atoms with Gasteiger partial charge in [0, 0.05) is 26.3 Å². The van der Waals surface area contributed by atoms with Crippen molar-refractivity contribution in [1.82, 2.24) is 0 Å². The smallest absolute Gasteiger partial charge is 0.152 e. The fourth-order valence-corrected chi connectivity index (χ4v) is 8.94. The Balaban J connectivity index is 1.06. The standard InChI is InChI=1S/C52H34N2S/c53-52(36-13-2-1-3-14-36)54-48(44-19-9-10-20-45(44)50-33-40-16-6-11-21-49(40)55-50)29-23-34-22-24-38-31-41(26-25-37(38)30-34)51-43-18-8-5-15-39(43)32-47-42-17-7-4-12-35(42)27-28-46(47)51/h1-33,53H/b29-23+,53-52?,54-48?. The summed E-state index contributed by atoms with van der Waals surface area (Å²) in [6.07, 6.45) is 4.18. The number of nitrogens with zero attached hydrogens (tertiary/aromatic N) is 1. The van der Waals surface area contributed by atoms with Crippen molar-refractivity contribution in [3.05, 3.63) is 211 Å². The molecule has 10 aromatic rings. The van der Waals surface area contributed by atoms with Crippen molar-refractivity contribution >= 4 is 82.1 Å². The first-order chi connectivity index (χ1) is 27.2. The van der Waals surface area contributed by atoms with Gasteiger partial charge in [-0.05, 0) is 102 Å². The SMILES string of the molecule is N=C(N=C(/C=C/c1ccc2cc(-c3c4ccccc4cc4c3ccc3ccccc34)ccc2c1)c1ccccc1-c1cc2ccccc2s1)c1ccccc1. The molecule has 2 nitrogen and oxygen atoms in total. The first-order valence-corrected chi connectivity index (χ1v) is 19.3. The van der Waals surface area contributed by atoms with Gasteiger partial charge < -0.3 is 0 Å². The third-order valence-corrected chi connectivity index (χ3v) is 11.7. The summed E-state index contributed by atoms with van der Waals surface area (Å²) in [5.74, 6) is 0.228. The lowest BCUT2D eigenvalue weighted by atomic mass is 9.89. The van der Waals surface area contributed by atoms with E-state index in [9.17, 15) is 0 Å². The monoisotopic (exact) mass is 718 g/mol. The number of aliphatic imine (C=N–C) groups is 1. The Hall–Kier alpha value is -6.94. The Morgan fingerprint density at radius 1 is 0.491 bits per heavy atom. The molecule has 0 amide bonds. The van der Waals surface area contributed by atoms with Crippen molar-refractivity contribution < 1.29 is 0 Å². The fraction of sp³-hybridized carbons (Fsp3) is 0. The van der Waals surface area contributed by atoms with E-state index in [1.165, 1.54) is 69.2 Å². The van der Waals surface area contributed by atoms with Crippen molar-refractivity contribution in [3.63, 3.8) is 0 Å². The van der Waals surface area contributed by atoms with Crippen LogP contribution in [0.15, 0.2) is 199 Å². The largest absolute Gasteiger partial charge is 0.282 e. The molecule has 0 bridgehead atoms. The zero-order valence-electron chi connectivity index (χ0n) is 29.9. The number of benzene rings is 9. The number of rotatable bonds is 6. The maximum absolute atomic E-state index is 8.98. The normalized spacial score (nSPS) is 12.1. The molecule has 0 aliphatic heterocycles. The molecular formula is C52H34N2S. The summed E-state index contributed by atoms with van der Waals surface area (Å²) in [6, 6.07) is 66.6. The molecule has 0 unspecified atom stereocenters. The van der Waals surface area contributed by atoms with Gasteiger partial charge in [-0.1, -0.05) is 164 Å². The quantitative estimate of drug-likeness (QED) is 0.0769. The van der Waals surface area contributed by atoms with E-state index in [4.69, 9.17) is 10.4 Å². The summed E-state index contributed by atoms with van der Waals surface area (Å²) >= 11 is 1.78. The van der Waals surface area contributed by atoms with Crippen LogP contribution in [0.2, 0.25) is 0 Å². The predicted octanol–water partition coefficient (Wildman–Crippen LogP) is 14.4. The maximum atomic E-state index is 8.98. The third kappa shape index (κ3) is 6.11. The second-order valence-electron chi connectivity index (χ2n) is 13.9. The molecule has 258 valence electrons. The van der Waals surface area contributed by atoms with E-state index < -0.39 is 0 Å². The summed E-state index contributed by atoms with van der Waals surface area (Å²) in [4.78, 5) is 6.14. The molecule has 0 aliphatic carbocycles. The van der Waals surface area contributed by atoms with Gasteiger partial charge in [0.25, 0.3) is 0 Å². The topological polar surface area (TPSA) is 36.2 Å². The fourth-order valence-electron chi connectivity index (χ4n) is 7.83. The zero-order valence-corrected chi connectivity index (χ0v) is 30.7. The molecule has 55 heavy (non-hydrogen) atoms. The number of amidine groups is 1. The van der Waals surface area contributed by atoms with Crippen molar-refractivity contribution in [1.29, 1.82) is 5.41 Å². The average molecular weight is 719 g/mol. The average Bonchev–Trinajstić information content (AvgIpc) is 3.69. The lowest BCUT2D eigenvalue weighted by Crippen LogP contribution is -2.05. The summed E-state index contributed by atoms with van der Waals surface area (Å²) in [5, 5.41) is 20.1. The Morgan fingerprint density at radius 2 is 1.18 bits per heavy atom. The molecule has 0 aliphatic rings. The molecule has 9 aromatic carbocycles. The highest BCUT2D eigenvalue weighted by molar-refractivity contribution is 7.22. The van der Waals surface area contributed by atoms with Crippen molar-refractivity contribution in [2.45, 2.75) is 0 Å². The van der Waals surface area contributed by atoms with E-state index in [0.717, 1.165) is 28.0 Å². The van der Waals surface area contributed by atoms with Gasteiger partial charge in [0.15, 0.2) is 5.84 Å². The first kappa shape index (κ1) is 32.7. The number of hydrogen-bond donors (Lipinski definition) is 1.